The Balaban J connectivity index is 1.85. The van der Waals surface area contributed by atoms with Gasteiger partial charge in [0.15, 0.2) is 5.78 Å². The second kappa shape index (κ2) is 6.55. The largest absolute Gasteiger partial charge is 0.289 e. The highest BCUT2D eigenvalue weighted by Crippen LogP contribution is 2.35. The summed E-state index contributed by atoms with van der Waals surface area (Å²) in [7, 11) is 0. The minimum atomic E-state index is -0.623. The van der Waals surface area contributed by atoms with E-state index in [2.05, 4.69) is 0 Å². The number of rotatable bonds is 4. The minimum absolute atomic E-state index is 0.00724. The fourth-order valence-electron chi connectivity index (χ4n) is 3.06. The molecule has 2 aromatic carbocycles. The zero-order valence-corrected chi connectivity index (χ0v) is 14.4. The van der Waals surface area contributed by atoms with Crippen molar-refractivity contribution in [1.82, 2.24) is 0 Å². The molecule has 0 atom stereocenters. The van der Waals surface area contributed by atoms with E-state index in [0.717, 1.165) is 34.1 Å². The zero-order valence-electron chi connectivity index (χ0n) is 14.4. The Kier molecular flexibility index (Phi) is 4.04. The normalized spacial score (nSPS) is 15.9. The molecule has 0 unspecified atom stereocenters. The van der Waals surface area contributed by atoms with Crippen molar-refractivity contribution < 1.29 is 24.0 Å². The van der Waals surface area contributed by atoms with Gasteiger partial charge >= 0.3 is 0 Å². The molecule has 0 N–H and O–H groups in total. The van der Waals surface area contributed by atoms with Gasteiger partial charge in [0.2, 0.25) is 0 Å². The highest BCUT2D eigenvalue weighted by Gasteiger charge is 2.34. The molecule has 0 spiro atoms. The van der Waals surface area contributed by atoms with E-state index < -0.39 is 23.6 Å². The van der Waals surface area contributed by atoms with Gasteiger partial charge < -0.3 is 0 Å². The van der Waals surface area contributed by atoms with Crippen LogP contribution in [-0.4, -0.2) is 29.4 Å². The molecule has 2 aliphatic heterocycles. The van der Waals surface area contributed by atoms with E-state index in [1.54, 1.807) is 30.3 Å². The summed E-state index contributed by atoms with van der Waals surface area (Å²) in [5, 5.41) is 0. The van der Waals surface area contributed by atoms with Crippen LogP contribution in [-0.2, 0) is 19.2 Å². The van der Waals surface area contributed by atoms with E-state index in [9.17, 15) is 24.0 Å². The van der Waals surface area contributed by atoms with Crippen molar-refractivity contribution in [2.24, 2.45) is 0 Å². The lowest BCUT2D eigenvalue weighted by molar-refractivity contribution is -0.122. The Hall–Kier alpha value is -4.13. The van der Waals surface area contributed by atoms with Crippen molar-refractivity contribution >= 4 is 40.8 Å². The summed E-state index contributed by atoms with van der Waals surface area (Å²) in [6.45, 7) is 0. The predicted octanol–water partition coefficient (Wildman–Crippen LogP) is 1.78. The highest BCUT2D eigenvalue weighted by atomic mass is 16.2. The molecule has 7 nitrogen and oxygen atoms in total. The van der Waals surface area contributed by atoms with Crippen LogP contribution >= 0.6 is 0 Å². The summed E-state index contributed by atoms with van der Waals surface area (Å²) in [6, 6.07) is 12.7. The molecule has 2 aromatic rings. The van der Waals surface area contributed by atoms with E-state index in [-0.39, 0.29) is 22.7 Å². The molecule has 0 radical (unpaired) electrons. The summed E-state index contributed by atoms with van der Waals surface area (Å²) in [6.07, 6.45) is 4.37. The third-order valence-electron chi connectivity index (χ3n) is 4.37. The minimum Gasteiger partial charge on any atom is -0.289 e. The van der Waals surface area contributed by atoms with Crippen LogP contribution in [0.2, 0.25) is 0 Å². The molecule has 0 aromatic heterocycles. The molecule has 4 amide bonds. The zero-order chi connectivity index (χ0) is 19.8. The number of carbonyl (C=O) groups is 5. The van der Waals surface area contributed by atoms with Crippen LogP contribution < -0.4 is 9.80 Å². The third-order valence-corrected chi connectivity index (χ3v) is 4.37. The number of nitrogens with zero attached hydrogens (tertiary/aromatic N) is 2. The Morgan fingerprint density at radius 3 is 1.61 bits per heavy atom. The van der Waals surface area contributed by atoms with E-state index in [0.29, 0.717) is 5.56 Å². The molecule has 2 heterocycles. The summed E-state index contributed by atoms with van der Waals surface area (Å²) >= 11 is 0. The van der Waals surface area contributed by atoms with E-state index >= 15 is 0 Å². The average molecular weight is 372 g/mol. The van der Waals surface area contributed by atoms with Crippen LogP contribution in [0.5, 0.6) is 0 Å². The first-order valence-electron chi connectivity index (χ1n) is 8.33. The summed E-state index contributed by atoms with van der Waals surface area (Å²) in [4.78, 5) is 63.1. The van der Waals surface area contributed by atoms with Gasteiger partial charge in [-0.1, -0.05) is 30.3 Å². The molecule has 0 saturated heterocycles. The summed E-state index contributed by atoms with van der Waals surface area (Å²) in [5.74, 6) is -2.76. The first-order valence-corrected chi connectivity index (χ1v) is 8.33. The number of benzene rings is 2. The Labute approximate surface area is 159 Å². The van der Waals surface area contributed by atoms with Crippen LogP contribution in [0.15, 0.2) is 72.8 Å². The molecule has 28 heavy (non-hydrogen) atoms. The summed E-state index contributed by atoms with van der Waals surface area (Å²) < 4.78 is 0. The van der Waals surface area contributed by atoms with Crippen LogP contribution in [0.3, 0.4) is 0 Å². The fraction of sp³-hybridized carbons (Fsp3) is 0. The number of hydrogen-bond donors (Lipinski definition) is 0. The van der Waals surface area contributed by atoms with Crippen LogP contribution in [0.25, 0.3) is 0 Å². The van der Waals surface area contributed by atoms with Crippen molar-refractivity contribution in [3.05, 3.63) is 84.0 Å². The number of amides is 4. The molecular weight excluding hydrogens is 360 g/mol. The smallest absolute Gasteiger partial charge is 0.258 e. The van der Waals surface area contributed by atoms with Gasteiger partial charge in [0.25, 0.3) is 23.6 Å². The van der Waals surface area contributed by atoms with Crippen molar-refractivity contribution in [2.75, 3.05) is 9.80 Å². The molecule has 7 heteroatoms. The van der Waals surface area contributed by atoms with Gasteiger partial charge in [0, 0.05) is 35.4 Å². The first-order chi connectivity index (χ1) is 13.5. The van der Waals surface area contributed by atoms with Crippen LogP contribution in [0.4, 0.5) is 11.4 Å². The van der Waals surface area contributed by atoms with Crippen LogP contribution in [0, 0.1) is 0 Å². The quantitative estimate of drug-likeness (QED) is 0.603. The highest BCUT2D eigenvalue weighted by molar-refractivity contribution is 6.33. The molecule has 4 rings (SSSR count). The Morgan fingerprint density at radius 1 is 0.571 bits per heavy atom. The van der Waals surface area contributed by atoms with Crippen molar-refractivity contribution in [1.29, 1.82) is 0 Å². The fourth-order valence-corrected chi connectivity index (χ4v) is 3.06. The molecule has 2 aliphatic rings. The maximum absolute atomic E-state index is 12.8. The maximum atomic E-state index is 12.8. The van der Waals surface area contributed by atoms with Gasteiger partial charge in [0.05, 0.1) is 11.4 Å². The Bertz CT molecular complexity index is 1080. The molecule has 0 saturated carbocycles. The predicted molar refractivity (Wildman–Crippen MR) is 99.6 cm³/mol. The maximum Gasteiger partial charge on any atom is 0.258 e. The van der Waals surface area contributed by atoms with E-state index in [1.807, 2.05) is 0 Å². The number of imide groups is 2. The SMILES string of the molecule is O=C(c1ccccc1)c1ccc(N2C(=O)C=CC2=O)c(N2C(=O)C=CC2=O)c1. The summed E-state index contributed by atoms with van der Waals surface area (Å²) in [5.41, 5.74) is 0.681. The van der Waals surface area contributed by atoms with Crippen molar-refractivity contribution in [2.45, 2.75) is 0 Å². The molecule has 136 valence electrons. The van der Waals surface area contributed by atoms with Gasteiger partial charge in [-0.15, -0.1) is 0 Å². The standard InChI is InChI=1S/C21H12N2O5/c24-17-8-9-18(25)22(17)15-7-6-14(21(28)13-4-2-1-3-5-13)12-16(15)23-19(26)10-11-20(23)27/h1-12H. The lowest BCUT2D eigenvalue weighted by Gasteiger charge is -2.23. The topological polar surface area (TPSA) is 91.8 Å². The molecule has 0 aliphatic carbocycles. The number of carbonyl (C=O) groups excluding carboxylic acids is 5. The number of hydrogen-bond acceptors (Lipinski definition) is 5. The van der Waals surface area contributed by atoms with E-state index in [4.69, 9.17) is 0 Å². The van der Waals surface area contributed by atoms with Gasteiger partial charge in [-0.3, -0.25) is 24.0 Å². The third kappa shape index (κ3) is 2.75. The van der Waals surface area contributed by atoms with Gasteiger partial charge in [0.1, 0.15) is 0 Å². The van der Waals surface area contributed by atoms with Gasteiger partial charge in [-0.25, -0.2) is 9.80 Å². The molecule has 0 fully saturated rings. The van der Waals surface area contributed by atoms with Crippen LogP contribution in [0.1, 0.15) is 15.9 Å². The molecular formula is C21H12N2O5. The second-order valence-electron chi connectivity index (χ2n) is 6.09. The van der Waals surface area contributed by atoms with E-state index in [1.165, 1.54) is 18.2 Å². The molecule has 0 bridgehead atoms. The monoisotopic (exact) mass is 372 g/mol. The average Bonchev–Trinajstić information content (AvgIpc) is 3.22. The number of anilines is 2. The Morgan fingerprint density at radius 2 is 1.07 bits per heavy atom. The first kappa shape index (κ1) is 17.3. The van der Waals surface area contributed by atoms with Crippen molar-refractivity contribution in [3.63, 3.8) is 0 Å². The lowest BCUT2D eigenvalue weighted by atomic mass is 10.0. The van der Waals surface area contributed by atoms with Crippen molar-refractivity contribution in [3.8, 4) is 0 Å². The second-order valence-corrected chi connectivity index (χ2v) is 6.09. The lowest BCUT2D eigenvalue weighted by Crippen LogP contribution is -2.35. The van der Waals surface area contributed by atoms with Gasteiger partial charge in [-0.2, -0.15) is 0 Å². The number of ketones is 1. The van der Waals surface area contributed by atoms with Gasteiger partial charge in [-0.05, 0) is 18.2 Å².